The number of imidazole rings is 4. The minimum absolute atomic E-state index is 0.565. The lowest BCUT2D eigenvalue weighted by molar-refractivity contribution is 1.11. The van der Waals surface area contributed by atoms with Gasteiger partial charge in [0.25, 0.3) is 0 Å². The Balaban J connectivity index is 1.00. The SMILES string of the molecule is N#Cc1c(-c2ccccc2)c(-c2ccc3c(c2)n2c4cc(-c5ccccc5)ccc4nc2n3-c2ccccc2)cc(-c2ccc3c(c2)n2c4cc(-c5ccccc5)ccc4nc2n3-c2ccccc2)c1-n1c2ccccc2c2ccccc21. The van der Waals surface area contributed by atoms with Crippen LogP contribution in [-0.4, -0.2) is 32.5 Å². The van der Waals surface area contributed by atoms with E-state index in [0.717, 1.165) is 150 Å². The zero-order valence-electron chi connectivity index (χ0n) is 44.6. The van der Waals surface area contributed by atoms with Gasteiger partial charge in [0.15, 0.2) is 0 Å². The molecule has 8 heteroatoms. The summed E-state index contributed by atoms with van der Waals surface area (Å²) in [6, 6.07) is 102. The maximum atomic E-state index is 12.3. The molecule has 0 bridgehead atoms. The first-order valence-corrected chi connectivity index (χ1v) is 28.0. The van der Waals surface area contributed by atoms with Gasteiger partial charge in [0.1, 0.15) is 6.07 Å². The maximum absolute atomic E-state index is 12.3. The van der Waals surface area contributed by atoms with Gasteiger partial charge in [0.05, 0.1) is 66.4 Å². The van der Waals surface area contributed by atoms with Gasteiger partial charge in [0.2, 0.25) is 11.6 Å². The number of nitrogens with zero attached hydrogens (tertiary/aromatic N) is 8. The van der Waals surface area contributed by atoms with E-state index < -0.39 is 0 Å². The summed E-state index contributed by atoms with van der Waals surface area (Å²) in [4.78, 5) is 10.8. The highest BCUT2D eigenvalue weighted by atomic mass is 15.2. The molecule has 0 atom stereocenters. The number of fused-ring (bicyclic) bond motifs is 13. The molecule has 83 heavy (non-hydrogen) atoms. The van der Waals surface area contributed by atoms with Crippen molar-refractivity contribution in [2.45, 2.75) is 0 Å². The van der Waals surface area contributed by atoms with Crippen LogP contribution in [0.15, 0.2) is 279 Å². The van der Waals surface area contributed by atoms with Crippen molar-refractivity contribution in [1.82, 2.24) is 32.5 Å². The number of benzene rings is 12. The summed E-state index contributed by atoms with van der Waals surface area (Å²) in [6.07, 6.45) is 0. The molecule has 17 aromatic rings. The van der Waals surface area contributed by atoms with Gasteiger partial charge < -0.3 is 4.57 Å². The van der Waals surface area contributed by atoms with Crippen molar-refractivity contribution in [3.8, 4) is 78.8 Å². The van der Waals surface area contributed by atoms with Crippen LogP contribution in [-0.2, 0) is 0 Å². The fourth-order valence-electron chi connectivity index (χ4n) is 13.0. The Morgan fingerprint density at radius 3 is 1.16 bits per heavy atom. The minimum Gasteiger partial charge on any atom is -0.307 e. The molecular formula is C75H46N8. The predicted octanol–water partition coefficient (Wildman–Crippen LogP) is 18.5. The largest absolute Gasteiger partial charge is 0.307 e. The molecule has 0 aliphatic heterocycles. The third-order valence-corrected chi connectivity index (χ3v) is 16.7. The van der Waals surface area contributed by atoms with Gasteiger partial charge in [-0.25, -0.2) is 9.97 Å². The lowest BCUT2D eigenvalue weighted by atomic mass is 9.85. The molecule has 0 aliphatic rings. The van der Waals surface area contributed by atoms with Crippen molar-refractivity contribution >= 4 is 77.5 Å². The zero-order chi connectivity index (χ0) is 54.7. The lowest BCUT2D eigenvalue weighted by Gasteiger charge is -2.22. The van der Waals surface area contributed by atoms with Crippen LogP contribution in [0.3, 0.4) is 0 Å². The average molecular weight is 1060 g/mol. The van der Waals surface area contributed by atoms with E-state index >= 15 is 0 Å². The molecule has 0 saturated heterocycles. The average Bonchev–Trinajstić information content (AvgIpc) is 2.60. The van der Waals surface area contributed by atoms with Crippen molar-refractivity contribution in [2.24, 2.45) is 0 Å². The minimum atomic E-state index is 0.565. The van der Waals surface area contributed by atoms with Gasteiger partial charge in [-0.15, -0.1) is 0 Å². The van der Waals surface area contributed by atoms with E-state index in [0.29, 0.717) is 5.56 Å². The van der Waals surface area contributed by atoms with Gasteiger partial charge >= 0.3 is 0 Å². The van der Waals surface area contributed by atoms with E-state index in [1.165, 1.54) is 0 Å². The number of rotatable bonds is 8. The first-order chi connectivity index (χ1) is 41.1. The fraction of sp³-hybridized carbons (Fsp3) is 0. The first kappa shape index (κ1) is 46.4. The van der Waals surface area contributed by atoms with Crippen LogP contribution in [0.2, 0.25) is 0 Å². The number of hydrogen-bond acceptors (Lipinski definition) is 3. The lowest BCUT2D eigenvalue weighted by Crippen LogP contribution is -2.05. The second-order valence-electron chi connectivity index (χ2n) is 21.3. The Morgan fingerprint density at radius 1 is 0.289 bits per heavy atom. The Kier molecular flexibility index (Phi) is 10.2. The summed E-state index contributed by atoms with van der Waals surface area (Å²) in [5.41, 5.74) is 23.3. The van der Waals surface area contributed by atoms with Crippen LogP contribution in [0.1, 0.15) is 5.56 Å². The normalized spacial score (nSPS) is 11.8. The zero-order valence-corrected chi connectivity index (χ0v) is 44.6. The summed E-state index contributed by atoms with van der Waals surface area (Å²) in [7, 11) is 0. The second kappa shape index (κ2) is 18.3. The van der Waals surface area contributed by atoms with Crippen LogP contribution in [0.4, 0.5) is 0 Å². The van der Waals surface area contributed by atoms with Crippen molar-refractivity contribution in [3.63, 3.8) is 0 Å². The highest BCUT2D eigenvalue weighted by molar-refractivity contribution is 6.11. The van der Waals surface area contributed by atoms with Crippen molar-refractivity contribution in [3.05, 3.63) is 285 Å². The Morgan fingerprint density at radius 2 is 0.687 bits per heavy atom. The topological polar surface area (TPSA) is 73.2 Å². The molecule has 17 rings (SSSR count). The van der Waals surface area contributed by atoms with Gasteiger partial charge in [0, 0.05) is 33.3 Å². The van der Waals surface area contributed by atoms with E-state index in [2.05, 4.69) is 302 Å². The summed E-state index contributed by atoms with van der Waals surface area (Å²) in [5, 5.41) is 14.5. The third kappa shape index (κ3) is 7.05. The number of para-hydroxylation sites is 4. The number of hydrogen-bond donors (Lipinski definition) is 0. The maximum Gasteiger partial charge on any atom is 0.220 e. The second-order valence-corrected chi connectivity index (χ2v) is 21.3. The molecule has 0 radical (unpaired) electrons. The Hall–Kier alpha value is -11.5. The summed E-state index contributed by atoms with van der Waals surface area (Å²) in [5.74, 6) is 1.63. The highest BCUT2D eigenvalue weighted by Gasteiger charge is 2.28. The van der Waals surface area contributed by atoms with Gasteiger partial charge in [-0.3, -0.25) is 17.9 Å². The molecule has 0 N–H and O–H groups in total. The molecule has 0 amide bonds. The molecule has 0 saturated carbocycles. The van der Waals surface area contributed by atoms with Crippen LogP contribution >= 0.6 is 0 Å². The third-order valence-electron chi connectivity index (χ3n) is 16.7. The van der Waals surface area contributed by atoms with Gasteiger partial charge in [-0.1, -0.05) is 188 Å². The molecule has 386 valence electrons. The smallest absolute Gasteiger partial charge is 0.220 e. The van der Waals surface area contributed by atoms with Crippen molar-refractivity contribution in [2.75, 3.05) is 0 Å². The van der Waals surface area contributed by atoms with E-state index in [-0.39, 0.29) is 0 Å². The van der Waals surface area contributed by atoms with Crippen molar-refractivity contribution < 1.29 is 0 Å². The molecule has 5 aromatic heterocycles. The first-order valence-electron chi connectivity index (χ1n) is 28.0. The standard InChI is InChI=1S/C75H46N8/c76-47-61-72(50-24-10-3-11-25-50)59(53-36-40-66-70(44-53)82-68-42-51(48-20-6-1-7-21-48)34-38-62(68)77-74(82)79(66)55-26-12-4-13-27-55)46-60(73(61)81-64-32-18-16-30-57(64)58-31-17-19-33-65(58)81)54-37-41-67-71(45-54)83-69-43-52(49-22-8-2-9-23-49)35-39-63(69)78-75(83)80(67)56-28-14-5-15-29-56/h1-46H. The Labute approximate surface area is 476 Å². The summed E-state index contributed by atoms with van der Waals surface area (Å²) >= 11 is 0. The molecule has 0 spiro atoms. The molecule has 12 aromatic carbocycles. The van der Waals surface area contributed by atoms with Gasteiger partial charge in [-0.05, 0) is 136 Å². The molecule has 0 fully saturated rings. The van der Waals surface area contributed by atoms with Crippen LogP contribution in [0.25, 0.3) is 150 Å². The highest BCUT2D eigenvalue weighted by Crippen LogP contribution is 2.48. The molecule has 0 aliphatic carbocycles. The van der Waals surface area contributed by atoms with Crippen LogP contribution in [0.5, 0.6) is 0 Å². The Bertz CT molecular complexity index is 5430. The number of aromatic nitrogens is 7. The van der Waals surface area contributed by atoms with Crippen LogP contribution in [0, 0.1) is 11.3 Å². The summed E-state index contributed by atoms with van der Waals surface area (Å²) < 4.78 is 11.5. The monoisotopic (exact) mass is 1060 g/mol. The molecule has 5 heterocycles. The van der Waals surface area contributed by atoms with E-state index in [9.17, 15) is 5.26 Å². The van der Waals surface area contributed by atoms with E-state index in [1.54, 1.807) is 0 Å². The quantitative estimate of drug-likeness (QED) is 0.152. The molecular weight excluding hydrogens is 1010 g/mol. The predicted molar refractivity (Wildman–Crippen MR) is 339 cm³/mol. The van der Waals surface area contributed by atoms with E-state index in [4.69, 9.17) is 9.97 Å². The molecule has 8 nitrogen and oxygen atoms in total. The van der Waals surface area contributed by atoms with E-state index in [1.807, 2.05) is 6.07 Å². The fourth-order valence-corrected chi connectivity index (χ4v) is 13.0. The van der Waals surface area contributed by atoms with Crippen molar-refractivity contribution in [1.29, 1.82) is 5.26 Å². The van der Waals surface area contributed by atoms with Crippen LogP contribution < -0.4 is 0 Å². The number of nitriles is 1. The summed E-state index contributed by atoms with van der Waals surface area (Å²) in [6.45, 7) is 0. The molecule has 0 unspecified atom stereocenters. The van der Waals surface area contributed by atoms with Gasteiger partial charge in [-0.2, -0.15) is 5.26 Å².